The van der Waals surface area contributed by atoms with E-state index in [-0.39, 0.29) is 25.0 Å². The van der Waals surface area contributed by atoms with Gasteiger partial charge in [0.2, 0.25) is 5.91 Å². The molecule has 2 fully saturated rings. The van der Waals surface area contributed by atoms with Gasteiger partial charge < -0.3 is 15.0 Å². The quantitative estimate of drug-likeness (QED) is 0.726. The van der Waals surface area contributed by atoms with Crippen molar-refractivity contribution in [3.8, 4) is 6.07 Å². The SMILES string of the molecule is C[C@H]1[C@H](N2C[C@H](C(=O)OCC(=O)Nc3ccc(CC#N)cc3)CC2=O)CCC[C@@H]1C. The molecule has 0 radical (unpaired) electrons. The van der Waals surface area contributed by atoms with Gasteiger partial charge in [-0.25, -0.2) is 0 Å². The second-order valence-electron chi connectivity index (χ2n) is 8.47. The fourth-order valence-corrected chi connectivity index (χ4v) is 4.45. The van der Waals surface area contributed by atoms with E-state index < -0.39 is 17.8 Å². The smallest absolute Gasteiger partial charge is 0.311 e. The van der Waals surface area contributed by atoms with Crippen LogP contribution in [0.15, 0.2) is 24.3 Å². The van der Waals surface area contributed by atoms with Crippen LogP contribution in [-0.2, 0) is 25.5 Å². The van der Waals surface area contributed by atoms with Crippen molar-refractivity contribution >= 4 is 23.5 Å². The minimum Gasteiger partial charge on any atom is -0.455 e. The number of esters is 1. The molecule has 1 saturated heterocycles. The zero-order valence-electron chi connectivity index (χ0n) is 17.6. The summed E-state index contributed by atoms with van der Waals surface area (Å²) in [5.41, 5.74) is 1.43. The number of carbonyl (C=O) groups is 3. The molecule has 4 atom stereocenters. The number of hydrogen-bond acceptors (Lipinski definition) is 5. The molecule has 0 bridgehead atoms. The summed E-state index contributed by atoms with van der Waals surface area (Å²) in [5, 5.41) is 11.3. The molecule has 1 saturated carbocycles. The molecule has 1 aliphatic heterocycles. The minimum atomic E-state index is -0.514. The molecule has 2 amide bonds. The van der Waals surface area contributed by atoms with Gasteiger partial charge in [-0.15, -0.1) is 0 Å². The van der Waals surface area contributed by atoms with Crippen molar-refractivity contribution < 1.29 is 19.1 Å². The number of amides is 2. The van der Waals surface area contributed by atoms with E-state index in [1.165, 1.54) is 6.42 Å². The normalized spacial score (nSPS) is 26.2. The fourth-order valence-electron chi connectivity index (χ4n) is 4.45. The lowest BCUT2D eigenvalue weighted by molar-refractivity contribution is -0.151. The van der Waals surface area contributed by atoms with E-state index in [1.54, 1.807) is 24.3 Å². The Morgan fingerprint density at radius 3 is 2.67 bits per heavy atom. The summed E-state index contributed by atoms with van der Waals surface area (Å²) in [6.45, 7) is 4.39. The van der Waals surface area contributed by atoms with E-state index in [2.05, 4.69) is 25.2 Å². The lowest BCUT2D eigenvalue weighted by Gasteiger charge is -2.39. The van der Waals surface area contributed by atoms with Gasteiger partial charge in [0.1, 0.15) is 0 Å². The van der Waals surface area contributed by atoms with Crippen molar-refractivity contribution in [1.82, 2.24) is 4.90 Å². The number of hydrogen-bond donors (Lipinski definition) is 1. The van der Waals surface area contributed by atoms with Gasteiger partial charge in [0.15, 0.2) is 6.61 Å². The average molecular weight is 412 g/mol. The van der Waals surface area contributed by atoms with Gasteiger partial charge in [-0.1, -0.05) is 38.8 Å². The summed E-state index contributed by atoms with van der Waals surface area (Å²) in [4.78, 5) is 38.9. The first-order valence-electron chi connectivity index (χ1n) is 10.6. The Bertz CT molecular complexity index is 830. The molecule has 1 aromatic rings. The maximum absolute atomic E-state index is 12.5. The predicted octanol–water partition coefficient (Wildman–Crippen LogP) is 2.91. The highest BCUT2D eigenvalue weighted by molar-refractivity contribution is 5.93. The van der Waals surface area contributed by atoms with Crippen LogP contribution in [0.1, 0.15) is 45.1 Å². The van der Waals surface area contributed by atoms with Gasteiger partial charge in [0.05, 0.1) is 18.4 Å². The third kappa shape index (κ3) is 5.18. The number of nitriles is 1. The number of likely N-dealkylation sites (tertiary alicyclic amines) is 1. The fraction of sp³-hybridized carbons (Fsp3) is 0.565. The number of nitrogens with zero attached hydrogens (tertiary/aromatic N) is 2. The largest absolute Gasteiger partial charge is 0.455 e. The van der Waals surface area contributed by atoms with Crippen LogP contribution in [-0.4, -0.2) is 41.9 Å². The Hall–Kier alpha value is -2.88. The van der Waals surface area contributed by atoms with Gasteiger partial charge in [-0.05, 0) is 36.0 Å². The standard InChI is InChI=1S/C23H29N3O4/c1-15-4-3-5-20(16(15)2)26-13-18(12-22(26)28)23(29)30-14-21(27)25-19-8-6-17(7-9-19)10-11-24/h6-9,15-16,18,20H,3-5,10,12-14H2,1-2H3,(H,25,27)/t15-,16+,18+,20+/m0/s1. The Morgan fingerprint density at radius 1 is 1.23 bits per heavy atom. The van der Waals surface area contributed by atoms with E-state index in [9.17, 15) is 14.4 Å². The predicted molar refractivity (Wildman–Crippen MR) is 111 cm³/mol. The van der Waals surface area contributed by atoms with Crippen LogP contribution in [0.4, 0.5) is 5.69 Å². The molecule has 30 heavy (non-hydrogen) atoms. The van der Waals surface area contributed by atoms with Crippen molar-refractivity contribution in [1.29, 1.82) is 5.26 Å². The molecule has 1 aromatic carbocycles. The van der Waals surface area contributed by atoms with E-state index in [4.69, 9.17) is 10.00 Å². The van der Waals surface area contributed by atoms with Gasteiger partial charge in [-0.3, -0.25) is 14.4 Å². The molecule has 1 aliphatic carbocycles. The first-order chi connectivity index (χ1) is 14.4. The second kappa shape index (κ2) is 9.75. The third-order valence-electron chi connectivity index (χ3n) is 6.42. The minimum absolute atomic E-state index is 0.00445. The topological polar surface area (TPSA) is 99.5 Å². The highest BCUT2D eigenvalue weighted by Crippen LogP contribution is 2.35. The zero-order valence-corrected chi connectivity index (χ0v) is 17.6. The number of carbonyl (C=O) groups excluding carboxylic acids is 3. The lowest BCUT2D eigenvalue weighted by atomic mass is 9.77. The average Bonchev–Trinajstić information content (AvgIpc) is 3.11. The van der Waals surface area contributed by atoms with E-state index >= 15 is 0 Å². The highest BCUT2D eigenvalue weighted by Gasteiger charge is 2.42. The Balaban J connectivity index is 1.47. The van der Waals surface area contributed by atoms with Crippen molar-refractivity contribution in [3.63, 3.8) is 0 Å². The molecule has 0 unspecified atom stereocenters. The summed E-state index contributed by atoms with van der Waals surface area (Å²) < 4.78 is 5.18. The molecular formula is C23H29N3O4. The monoisotopic (exact) mass is 411 g/mol. The van der Waals surface area contributed by atoms with Crippen LogP contribution in [0, 0.1) is 29.1 Å². The van der Waals surface area contributed by atoms with Crippen LogP contribution < -0.4 is 5.32 Å². The lowest BCUT2D eigenvalue weighted by Crippen LogP contribution is -2.45. The molecule has 2 aliphatic rings. The molecule has 7 heteroatoms. The summed E-state index contributed by atoms with van der Waals surface area (Å²) in [5.74, 6) is -0.456. The molecule has 160 valence electrons. The summed E-state index contributed by atoms with van der Waals surface area (Å²) in [7, 11) is 0. The van der Waals surface area contributed by atoms with E-state index in [0.717, 1.165) is 18.4 Å². The number of benzene rings is 1. The zero-order chi connectivity index (χ0) is 21.7. The maximum atomic E-state index is 12.5. The summed E-state index contributed by atoms with van der Waals surface area (Å²) in [6.07, 6.45) is 3.72. The van der Waals surface area contributed by atoms with Crippen molar-refractivity contribution in [2.45, 2.75) is 52.0 Å². The van der Waals surface area contributed by atoms with Gasteiger partial charge in [0.25, 0.3) is 5.91 Å². The third-order valence-corrected chi connectivity index (χ3v) is 6.42. The van der Waals surface area contributed by atoms with Crippen molar-refractivity contribution in [2.75, 3.05) is 18.5 Å². The molecule has 0 spiro atoms. The number of ether oxygens (including phenoxy) is 1. The summed E-state index contributed by atoms with van der Waals surface area (Å²) in [6, 6.07) is 9.17. The first kappa shape index (κ1) is 21.8. The Labute approximate surface area is 177 Å². The summed E-state index contributed by atoms with van der Waals surface area (Å²) >= 11 is 0. The van der Waals surface area contributed by atoms with Crippen LogP contribution in [0.5, 0.6) is 0 Å². The van der Waals surface area contributed by atoms with Crippen LogP contribution >= 0.6 is 0 Å². The van der Waals surface area contributed by atoms with Crippen molar-refractivity contribution in [2.24, 2.45) is 17.8 Å². The molecule has 3 rings (SSSR count). The Morgan fingerprint density at radius 2 is 1.97 bits per heavy atom. The van der Waals surface area contributed by atoms with E-state index in [0.29, 0.717) is 30.5 Å². The first-order valence-corrected chi connectivity index (χ1v) is 10.6. The van der Waals surface area contributed by atoms with Gasteiger partial charge in [0, 0.05) is 24.7 Å². The molecule has 7 nitrogen and oxygen atoms in total. The number of anilines is 1. The van der Waals surface area contributed by atoms with E-state index in [1.807, 2.05) is 4.90 Å². The van der Waals surface area contributed by atoms with Gasteiger partial charge in [-0.2, -0.15) is 5.26 Å². The van der Waals surface area contributed by atoms with Crippen LogP contribution in [0.3, 0.4) is 0 Å². The Kier molecular flexibility index (Phi) is 7.09. The van der Waals surface area contributed by atoms with Crippen LogP contribution in [0.2, 0.25) is 0 Å². The second-order valence-corrected chi connectivity index (χ2v) is 8.47. The van der Waals surface area contributed by atoms with Gasteiger partial charge >= 0.3 is 5.97 Å². The molecular weight excluding hydrogens is 382 g/mol. The number of nitrogens with one attached hydrogen (secondary N) is 1. The maximum Gasteiger partial charge on any atom is 0.311 e. The van der Waals surface area contributed by atoms with Crippen molar-refractivity contribution in [3.05, 3.63) is 29.8 Å². The molecule has 1 N–H and O–H groups in total. The molecule has 1 heterocycles. The molecule has 0 aromatic heterocycles. The number of rotatable bonds is 6. The van der Waals surface area contributed by atoms with Crippen LogP contribution in [0.25, 0.3) is 0 Å². The highest BCUT2D eigenvalue weighted by atomic mass is 16.5.